The van der Waals surface area contributed by atoms with Crippen molar-refractivity contribution in [2.75, 3.05) is 45.3 Å². The quantitative estimate of drug-likeness (QED) is 0.698. The van der Waals surface area contributed by atoms with Gasteiger partial charge < -0.3 is 14.4 Å². The van der Waals surface area contributed by atoms with Gasteiger partial charge in [0.25, 0.3) is 0 Å². The molecule has 30 heavy (non-hydrogen) atoms. The van der Waals surface area contributed by atoms with Crippen LogP contribution in [-0.2, 0) is 13.6 Å². The monoisotopic (exact) mass is 434 g/mol. The van der Waals surface area contributed by atoms with Gasteiger partial charge in [-0.2, -0.15) is 0 Å². The van der Waals surface area contributed by atoms with Gasteiger partial charge in [0.05, 0.1) is 31.6 Å². The molecule has 8 heteroatoms. The first-order valence-corrected chi connectivity index (χ1v) is 11.1. The van der Waals surface area contributed by atoms with E-state index in [1.165, 1.54) is 12.8 Å². The minimum Gasteiger partial charge on any atom is -0.495 e. The van der Waals surface area contributed by atoms with E-state index in [-0.39, 0.29) is 11.6 Å². The standard InChI is InChI=1S/C22H31ClN4O3/c1-24-19(21(30-3)22(28)27(24)17-6-4-5-7-17)15-25-10-12-26(13-11-25)18-14-16(23)8-9-20(18)29-2/h8-9,14,17H,4-7,10-13,15H2,1-3H3. The summed E-state index contributed by atoms with van der Waals surface area (Å²) in [4.78, 5) is 17.7. The van der Waals surface area contributed by atoms with Crippen molar-refractivity contribution >= 4 is 17.3 Å². The summed E-state index contributed by atoms with van der Waals surface area (Å²) in [6.45, 7) is 4.23. The van der Waals surface area contributed by atoms with Crippen molar-refractivity contribution in [2.24, 2.45) is 7.05 Å². The van der Waals surface area contributed by atoms with E-state index in [9.17, 15) is 4.79 Å². The molecule has 0 N–H and O–H groups in total. The molecule has 1 saturated heterocycles. The molecule has 2 heterocycles. The smallest absolute Gasteiger partial charge is 0.309 e. The molecule has 1 aromatic heterocycles. The topological polar surface area (TPSA) is 51.9 Å². The third-order valence-electron chi connectivity index (χ3n) is 6.48. The number of benzene rings is 1. The molecule has 1 aromatic carbocycles. The number of rotatable bonds is 6. The lowest BCUT2D eigenvalue weighted by atomic mass is 10.2. The molecule has 0 spiro atoms. The van der Waals surface area contributed by atoms with Crippen molar-refractivity contribution in [3.05, 3.63) is 39.3 Å². The van der Waals surface area contributed by atoms with Crippen LogP contribution in [0.25, 0.3) is 0 Å². The molecule has 0 unspecified atom stereocenters. The summed E-state index contributed by atoms with van der Waals surface area (Å²) in [7, 11) is 5.28. The Bertz CT molecular complexity index is 941. The number of piperazine rings is 1. The van der Waals surface area contributed by atoms with E-state index < -0.39 is 0 Å². The summed E-state index contributed by atoms with van der Waals surface area (Å²) in [5.41, 5.74) is 1.99. The van der Waals surface area contributed by atoms with E-state index in [0.29, 0.717) is 17.3 Å². The Morgan fingerprint density at radius 2 is 1.77 bits per heavy atom. The maximum Gasteiger partial charge on any atom is 0.309 e. The zero-order valence-electron chi connectivity index (χ0n) is 18.1. The number of hydrogen-bond donors (Lipinski definition) is 0. The van der Waals surface area contributed by atoms with Crippen molar-refractivity contribution in [3.63, 3.8) is 0 Å². The van der Waals surface area contributed by atoms with Gasteiger partial charge in [-0.15, -0.1) is 0 Å². The zero-order valence-corrected chi connectivity index (χ0v) is 18.8. The Hall–Kier alpha value is -2.12. The van der Waals surface area contributed by atoms with Gasteiger partial charge in [0.2, 0.25) is 5.75 Å². The molecular formula is C22H31ClN4O3. The van der Waals surface area contributed by atoms with Gasteiger partial charge in [-0.05, 0) is 31.0 Å². The molecule has 1 aliphatic carbocycles. The fraction of sp³-hybridized carbons (Fsp3) is 0.591. The van der Waals surface area contributed by atoms with E-state index >= 15 is 0 Å². The highest BCUT2D eigenvalue weighted by molar-refractivity contribution is 6.30. The first-order chi connectivity index (χ1) is 14.5. The summed E-state index contributed by atoms with van der Waals surface area (Å²) < 4.78 is 15.0. The summed E-state index contributed by atoms with van der Waals surface area (Å²) in [5.74, 6) is 1.33. The highest BCUT2D eigenvalue weighted by Crippen LogP contribution is 2.33. The number of ether oxygens (including phenoxy) is 2. The van der Waals surface area contributed by atoms with Gasteiger partial charge in [-0.1, -0.05) is 24.4 Å². The van der Waals surface area contributed by atoms with Crippen LogP contribution in [0.4, 0.5) is 5.69 Å². The summed E-state index contributed by atoms with van der Waals surface area (Å²) in [5, 5.41) is 0.709. The summed E-state index contributed by atoms with van der Waals surface area (Å²) >= 11 is 6.21. The van der Waals surface area contributed by atoms with Crippen molar-refractivity contribution in [1.29, 1.82) is 0 Å². The van der Waals surface area contributed by atoms with Crippen molar-refractivity contribution in [1.82, 2.24) is 14.3 Å². The van der Waals surface area contributed by atoms with Gasteiger partial charge in [-0.3, -0.25) is 14.4 Å². The number of aromatic nitrogens is 2. The molecule has 2 fully saturated rings. The van der Waals surface area contributed by atoms with Gasteiger partial charge in [0.15, 0.2) is 0 Å². The molecule has 164 valence electrons. The van der Waals surface area contributed by atoms with Crippen LogP contribution in [0.1, 0.15) is 37.4 Å². The van der Waals surface area contributed by atoms with E-state index in [1.54, 1.807) is 14.2 Å². The fourth-order valence-electron chi connectivity index (χ4n) is 4.85. The zero-order chi connectivity index (χ0) is 21.3. The van der Waals surface area contributed by atoms with Crippen LogP contribution in [0, 0.1) is 0 Å². The molecule has 1 saturated carbocycles. The maximum atomic E-state index is 13.0. The average molecular weight is 435 g/mol. The predicted molar refractivity (Wildman–Crippen MR) is 119 cm³/mol. The van der Waals surface area contributed by atoms with Crippen LogP contribution in [0.3, 0.4) is 0 Å². The third-order valence-corrected chi connectivity index (χ3v) is 6.72. The third kappa shape index (κ3) is 3.93. The first-order valence-electron chi connectivity index (χ1n) is 10.7. The van der Waals surface area contributed by atoms with Crippen LogP contribution in [0.5, 0.6) is 11.5 Å². The fourth-order valence-corrected chi connectivity index (χ4v) is 5.01. The molecule has 0 bridgehead atoms. The molecule has 4 rings (SSSR count). The highest BCUT2D eigenvalue weighted by atomic mass is 35.5. The predicted octanol–water partition coefficient (Wildman–Crippen LogP) is 3.29. The van der Waals surface area contributed by atoms with Crippen LogP contribution < -0.4 is 19.9 Å². The number of hydrogen-bond acceptors (Lipinski definition) is 5. The van der Waals surface area contributed by atoms with Crippen molar-refractivity contribution in [2.45, 2.75) is 38.3 Å². The molecular weight excluding hydrogens is 404 g/mol. The number of anilines is 1. The lowest BCUT2D eigenvalue weighted by molar-refractivity contribution is 0.236. The van der Waals surface area contributed by atoms with Gasteiger partial charge >= 0.3 is 5.56 Å². The largest absolute Gasteiger partial charge is 0.495 e. The van der Waals surface area contributed by atoms with Crippen LogP contribution in [0.2, 0.25) is 5.02 Å². The van der Waals surface area contributed by atoms with Crippen molar-refractivity contribution in [3.8, 4) is 11.5 Å². The normalized spacial score (nSPS) is 18.2. The Kier molecular flexibility index (Phi) is 6.29. The number of nitrogens with zero attached hydrogens (tertiary/aromatic N) is 4. The Morgan fingerprint density at radius 1 is 1.07 bits per heavy atom. The van der Waals surface area contributed by atoms with Gasteiger partial charge in [0, 0.05) is 44.8 Å². The first kappa shape index (κ1) is 21.1. The van der Waals surface area contributed by atoms with E-state index in [1.807, 2.05) is 34.6 Å². The van der Waals surface area contributed by atoms with Crippen LogP contribution in [0.15, 0.2) is 23.0 Å². The molecule has 0 atom stereocenters. The lowest BCUT2D eigenvalue weighted by Crippen LogP contribution is -2.46. The summed E-state index contributed by atoms with van der Waals surface area (Å²) in [6, 6.07) is 6.01. The number of methoxy groups -OCH3 is 2. The van der Waals surface area contributed by atoms with E-state index in [4.69, 9.17) is 21.1 Å². The van der Waals surface area contributed by atoms with E-state index in [2.05, 4.69) is 9.80 Å². The van der Waals surface area contributed by atoms with Crippen LogP contribution >= 0.6 is 11.6 Å². The lowest BCUT2D eigenvalue weighted by Gasteiger charge is -2.36. The maximum absolute atomic E-state index is 13.0. The minimum atomic E-state index is 0.00389. The van der Waals surface area contributed by atoms with Crippen molar-refractivity contribution < 1.29 is 9.47 Å². The van der Waals surface area contributed by atoms with E-state index in [0.717, 1.165) is 56.2 Å². The molecule has 1 aliphatic heterocycles. The number of halogens is 1. The molecule has 0 amide bonds. The average Bonchev–Trinajstić information content (AvgIpc) is 3.35. The Morgan fingerprint density at radius 3 is 2.40 bits per heavy atom. The second-order valence-electron chi connectivity index (χ2n) is 8.17. The molecule has 7 nitrogen and oxygen atoms in total. The molecule has 2 aromatic rings. The Labute approximate surface area is 182 Å². The SMILES string of the molecule is COc1ccc(Cl)cc1N1CCN(Cc2c(OC)c(=O)n(C3CCCC3)n2C)CC1. The highest BCUT2D eigenvalue weighted by Gasteiger charge is 2.28. The second kappa shape index (κ2) is 8.94. The second-order valence-corrected chi connectivity index (χ2v) is 8.61. The molecule has 0 radical (unpaired) electrons. The summed E-state index contributed by atoms with van der Waals surface area (Å²) in [6.07, 6.45) is 4.52. The van der Waals surface area contributed by atoms with Crippen LogP contribution in [-0.4, -0.2) is 54.7 Å². The Balaban J connectivity index is 1.49. The minimum absolute atomic E-state index is 0.00389. The molecule has 2 aliphatic rings. The van der Waals surface area contributed by atoms with Gasteiger partial charge in [0.1, 0.15) is 5.75 Å². The van der Waals surface area contributed by atoms with Gasteiger partial charge in [-0.25, -0.2) is 4.68 Å².